The van der Waals surface area contributed by atoms with Gasteiger partial charge in [-0.3, -0.25) is 15.2 Å². The smallest absolute Gasteiger partial charge is 0.204 e. The minimum atomic E-state index is -0.500. The molecule has 0 atom stereocenters. The number of fused-ring (bicyclic) bond motifs is 1. The lowest BCUT2D eigenvalue weighted by molar-refractivity contribution is 0.357. The van der Waals surface area contributed by atoms with Crippen LogP contribution in [0.25, 0.3) is 11.2 Å². The zero-order valence-corrected chi connectivity index (χ0v) is 17.6. The molecule has 2 heterocycles. The van der Waals surface area contributed by atoms with Crippen molar-refractivity contribution in [2.75, 3.05) is 27.7 Å². The molecule has 0 spiro atoms. The van der Waals surface area contributed by atoms with Crippen LogP contribution in [-0.2, 0) is 4.74 Å². The third-order valence-corrected chi connectivity index (χ3v) is 4.56. The minimum Gasteiger partial charge on any atom is -0.483 e. The molecule has 0 radical (unpaired) electrons. The van der Waals surface area contributed by atoms with Crippen LogP contribution in [0.1, 0.15) is 16.8 Å². The number of allylic oxidation sites excluding steroid dienone is 1. The van der Waals surface area contributed by atoms with E-state index in [0.717, 1.165) is 0 Å². The summed E-state index contributed by atoms with van der Waals surface area (Å²) in [6, 6.07) is 9.56. The second kappa shape index (κ2) is 9.31. The number of hydrogen-bond acceptors (Lipinski definition) is 6. The van der Waals surface area contributed by atoms with E-state index in [-0.39, 0.29) is 17.1 Å². The molecule has 3 aromatic rings. The molecule has 0 amide bonds. The summed E-state index contributed by atoms with van der Waals surface area (Å²) < 4.78 is 21.1. The summed E-state index contributed by atoms with van der Waals surface area (Å²) in [4.78, 5) is 10.5. The maximum atomic E-state index is 14.2. The van der Waals surface area contributed by atoms with Gasteiger partial charge >= 0.3 is 0 Å². The number of amidine groups is 1. The number of ether oxygens (including phenoxy) is 1. The van der Waals surface area contributed by atoms with Gasteiger partial charge in [0, 0.05) is 29.1 Å². The second-order valence-corrected chi connectivity index (χ2v) is 7.02. The predicted octanol–water partition coefficient (Wildman–Crippen LogP) is 2.77. The highest BCUT2D eigenvalue weighted by Gasteiger charge is 2.16. The molecule has 1 aromatic carbocycles. The zero-order valence-electron chi connectivity index (χ0n) is 17.6. The molecule has 9 heteroatoms. The Bertz CT molecular complexity index is 1190. The van der Waals surface area contributed by atoms with Crippen LogP contribution in [0.15, 0.2) is 60.0 Å². The molecule has 0 fully saturated rings. The molecular weight excluding hydrogens is 397 g/mol. The highest BCUT2D eigenvalue weighted by atomic mass is 19.1. The molecule has 0 unspecified atom stereocenters. The summed E-state index contributed by atoms with van der Waals surface area (Å²) >= 11 is 0. The Hall–Kier alpha value is -3.85. The van der Waals surface area contributed by atoms with Crippen molar-refractivity contribution in [2.45, 2.75) is 0 Å². The van der Waals surface area contributed by atoms with Crippen LogP contribution in [0.5, 0.6) is 0 Å². The van der Waals surface area contributed by atoms with Gasteiger partial charge in [0.1, 0.15) is 17.2 Å². The molecule has 4 N–H and O–H groups in total. The van der Waals surface area contributed by atoms with Gasteiger partial charge in [0.05, 0.1) is 25.6 Å². The van der Waals surface area contributed by atoms with Gasteiger partial charge in [-0.25, -0.2) is 9.37 Å². The number of rotatable bonds is 6. The summed E-state index contributed by atoms with van der Waals surface area (Å²) in [5.41, 5.74) is 7.89. The minimum absolute atomic E-state index is 0.0224. The zero-order chi connectivity index (χ0) is 22.5. The Labute approximate surface area is 179 Å². The molecule has 0 aliphatic rings. The monoisotopic (exact) mass is 421 g/mol. The van der Waals surface area contributed by atoms with E-state index < -0.39 is 5.82 Å². The number of methoxy groups -OCH3 is 1. The number of hydrogen-bond donors (Lipinski definition) is 3. The van der Waals surface area contributed by atoms with Crippen LogP contribution in [-0.4, -0.2) is 59.5 Å². The highest BCUT2D eigenvalue weighted by molar-refractivity contribution is 6.30. The third kappa shape index (κ3) is 4.67. The maximum absolute atomic E-state index is 14.2. The quantitative estimate of drug-likeness (QED) is 0.419. The number of benzene rings is 1. The van der Waals surface area contributed by atoms with Crippen molar-refractivity contribution < 1.29 is 9.13 Å². The largest absolute Gasteiger partial charge is 0.483 e. The molecular formula is C22H24FN7O. The first-order valence-electron chi connectivity index (χ1n) is 9.44. The predicted molar refractivity (Wildman–Crippen MR) is 120 cm³/mol. The fraction of sp³-hybridized carbons (Fsp3) is 0.182. The first kappa shape index (κ1) is 21.8. The van der Waals surface area contributed by atoms with Gasteiger partial charge in [-0.2, -0.15) is 4.99 Å². The summed E-state index contributed by atoms with van der Waals surface area (Å²) in [6.45, 7) is 0.445. The van der Waals surface area contributed by atoms with E-state index in [1.54, 1.807) is 41.1 Å². The molecule has 0 aliphatic heterocycles. The number of nitrogens with two attached hydrogens (primary N) is 1. The normalized spacial score (nSPS) is 12.4. The van der Waals surface area contributed by atoms with Crippen LogP contribution in [0.2, 0.25) is 0 Å². The topological polar surface area (TPSA) is 116 Å². The third-order valence-electron chi connectivity index (χ3n) is 4.56. The summed E-state index contributed by atoms with van der Waals surface area (Å²) in [5, 5.41) is 16.9. The van der Waals surface area contributed by atoms with E-state index in [1.165, 1.54) is 25.4 Å². The van der Waals surface area contributed by atoms with Crippen LogP contribution in [0.3, 0.4) is 0 Å². The molecule has 0 bridgehead atoms. The van der Waals surface area contributed by atoms with Crippen LogP contribution >= 0.6 is 0 Å². The van der Waals surface area contributed by atoms with Crippen molar-refractivity contribution in [1.82, 2.24) is 14.3 Å². The Balaban J connectivity index is 2.01. The summed E-state index contributed by atoms with van der Waals surface area (Å²) in [5.74, 6) is -0.129. The van der Waals surface area contributed by atoms with Crippen molar-refractivity contribution in [3.05, 3.63) is 77.6 Å². The fourth-order valence-corrected chi connectivity index (χ4v) is 3.05. The number of aliphatic imine (C=N–C) groups is 1. The number of halogens is 1. The average Bonchev–Trinajstić information content (AvgIpc) is 3.17. The van der Waals surface area contributed by atoms with E-state index >= 15 is 0 Å². The number of nitrogens with zero attached hydrogens (tertiary/aromatic N) is 4. The summed E-state index contributed by atoms with van der Waals surface area (Å²) in [7, 11) is 5.27. The number of imidazole rings is 1. The van der Waals surface area contributed by atoms with Crippen molar-refractivity contribution in [3.8, 4) is 0 Å². The molecule has 160 valence electrons. The van der Waals surface area contributed by atoms with E-state index in [9.17, 15) is 4.39 Å². The van der Waals surface area contributed by atoms with Gasteiger partial charge in [-0.15, -0.1) is 0 Å². The lowest BCUT2D eigenvalue weighted by Gasteiger charge is -2.12. The highest BCUT2D eigenvalue weighted by Crippen LogP contribution is 2.22. The lowest BCUT2D eigenvalue weighted by Crippen LogP contribution is -2.24. The van der Waals surface area contributed by atoms with Crippen LogP contribution in [0, 0.1) is 16.6 Å². The van der Waals surface area contributed by atoms with Crippen molar-refractivity contribution in [2.24, 2.45) is 10.7 Å². The van der Waals surface area contributed by atoms with E-state index in [0.29, 0.717) is 34.9 Å². The average molecular weight is 421 g/mol. The molecule has 0 saturated carbocycles. The first-order chi connectivity index (χ1) is 14.8. The Morgan fingerprint density at radius 1 is 1.26 bits per heavy atom. The van der Waals surface area contributed by atoms with Crippen molar-refractivity contribution in [1.29, 1.82) is 10.8 Å². The SMILES string of the molecule is CO/C(CN(C)C)=N\C(=N)c1cnc2ccc(/C(=C/N)C(=N)c3ccccc3F)cn12. The molecule has 3 rings (SSSR count). The van der Waals surface area contributed by atoms with Crippen molar-refractivity contribution >= 4 is 28.7 Å². The lowest BCUT2D eigenvalue weighted by atomic mass is 9.97. The van der Waals surface area contributed by atoms with Gasteiger partial charge in [0.25, 0.3) is 0 Å². The molecule has 2 aromatic heterocycles. The summed E-state index contributed by atoms with van der Waals surface area (Å²) in [6.07, 6.45) is 4.52. The van der Waals surface area contributed by atoms with Gasteiger partial charge in [-0.05, 0) is 38.4 Å². The fourth-order valence-electron chi connectivity index (χ4n) is 3.05. The van der Waals surface area contributed by atoms with Gasteiger partial charge in [0.15, 0.2) is 5.84 Å². The van der Waals surface area contributed by atoms with Crippen LogP contribution < -0.4 is 5.73 Å². The molecule has 31 heavy (non-hydrogen) atoms. The first-order valence-corrected chi connectivity index (χ1v) is 9.44. The van der Waals surface area contributed by atoms with Crippen molar-refractivity contribution in [3.63, 3.8) is 0 Å². The van der Waals surface area contributed by atoms with Crippen LogP contribution in [0.4, 0.5) is 4.39 Å². The maximum Gasteiger partial charge on any atom is 0.204 e. The van der Waals surface area contributed by atoms with Gasteiger partial charge < -0.3 is 15.4 Å². The van der Waals surface area contributed by atoms with Gasteiger partial charge in [-0.1, -0.05) is 12.1 Å². The number of aromatic nitrogens is 2. The molecule has 8 nitrogen and oxygen atoms in total. The van der Waals surface area contributed by atoms with E-state index in [1.807, 2.05) is 19.0 Å². The molecule has 0 aliphatic carbocycles. The van der Waals surface area contributed by atoms with E-state index in [2.05, 4.69) is 9.98 Å². The Kier molecular flexibility index (Phi) is 6.56. The Morgan fingerprint density at radius 2 is 2.00 bits per heavy atom. The standard InChI is InChI=1S/C22H24FN7O/c1-29(2)13-20(31-3)28-22(26)18-11-27-19-9-8-14(12-30(18)19)16(10-24)21(25)15-6-4-5-7-17(15)23/h4-12,25-26H,13,24H2,1-3H3/b16-10-,25-21?,26-22?,28-20-. The number of pyridine rings is 1. The Morgan fingerprint density at radius 3 is 2.65 bits per heavy atom. The second-order valence-electron chi connectivity index (χ2n) is 7.02. The van der Waals surface area contributed by atoms with E-state index in [4.69, 9.17) is 21.3 Å². The molecule has 0 saturated heterocycles. The number of nitrogens with one attached hydrogen (secondary N) is 2. The number of likely N-dealkylation sites (N-methyl/N-ethyl adjacent to an activating group) is 1. The van der Waals surface area contributed by atoms with Gasteiger partial charge in [0.2, 0.25) is 5.90 Å².